The second-order valence-corrected chi connectivity index (χ2v) is 14.0. The molecule has 0 aliphatic heterocycles. The lowest BCUT2D eigenvalue weighted by Gasteiger charge is -2.19. The SMILES string of the molecule is CCc1ccc(CNc2ccccc2-c2cc(-c3ccccc3NCc3ccc(CC)cc3)cc(-c3ccccc3NCc3ccc(CC)cc3)c2)cc1. The molecule has 7 aromatic carbocycles. The van der Waals surface area contributed by atoms with Gasteiger partial charge in [0, 0.05) is 53.4 Å². The highest BCUT2D eigenvalue weighted by Gasteiger charge is 2.15. The van der Waals surface area contributed by atoms with Gasteiger partial charge in [-0.2, -0.15) is 0 Å². The first-order valence-electron chi connectivity index (χ1n) is 19.5. The van der Waals surface area contributed by atoms with E-state index in [2.05, 4.69) is 201 Å². The van der Waals surface area contributed by atoms with Gasteiger partial charge in [0.05, 0.1) is 0 Å². The molecular formula is C51H51N3. The highest BCUT2D eigenvalue weighted by atomic mass is 14.9. The van der Waals surface area contributed by atoms with Crippen molar-refractivity contribution >= 4 is 17.1 Å². The molecule has 0 bridgehead atoms. The van der Waals surface area contributed by atoms with Crippen molar-refractivity contribution in [3.63, 3.8) is 0 Å². The molecule has 0 aromatic heterocycles. The van der Waals surface area contributed by atoms with Crippen LogP contribution in [0.25, 0.3) is 33.4 Å². The maximum atomic E-state index is 3.78. The molecule has 3 heteroatoms. The molecule has 3 nitrogen and oxygen atoms in total. The molecule has 7 rings (SSSR count). The topological polar surface area (TPSA) is 36.1 Å². The Morgan fingerprint density at radius 1 is 0.296 bits per heavy atom. The van der Waals surface area contributed by atoms with Crippen molar-refractivity contribution in [2.45, 2.75) is 59.7 Å². The van der Waals surface area contributed by atoms with Crippen LogP contribution in [0.4, 0.5) is 17.1 Å². The summed E-state index contributed by atoms with van der Waals surface area (Å²) in [5, 5.41) is 11.3. The third-order valence-corrected chi connectivity index (χ3v) is 10.4. The predicted molar refractivity (Wildman–Crippen MR) is 232 cm³/mol. The molecule has 0 atom stereocenters. The van der Waals surface area contributed by atoms with Crippen LogP contribution in [-0.2, 0) is 38.9 Å². The maximum Gasteiger partial charge on any atom is 0.0422 e. The van der Waals surface area contributed by atoms with E-state index in [1.807, 2.05) is 0 Å². The average molecular weight is 706 g/mol. The van der Waals surface area contributed by atoms with Gasteiger partial charge in [-0.15, -0.1) is 0 Å². The van der Waals surface area contributed by atoms with Crippen LogP contribution in [0.5, 0.6) is 0 Å². The minimum Gasteiger partial charge on any atom is -0.380 e. The number of nitrogens with one attached hydrogen (secondary N) is 3. The van der Waals surface area contributed by atoms with Crippen molar-refractivity contribution in [1.29, 1.82) is 0 Å². The van der Waals surface area contributed by atoms with Crippen LogP contribution in [-0.4, -0.2) is 0 Å². The summed E-state index contributed by atoms with van der Waals surface area (Å²) in [6.07, 6.45) is 3.14. The Morgan fingerprint density at radius 3 is 0.796 bits per heavy atom. The van der Waals surface area contributed by atoms with Gasteiger partial charge < -0.3 is 16.0 Å². The predicted octanol–water partition coefficient (Wildman–Crippen LogP) is 13.2. The smallest absolute Gasteiger partial charge is 0.0422 e. The molecule has 0 fully saturated rings. The minimum absolute atomic E-state index is 0.755. The Balaban J connectivity index is 1.27. The lowest BCUT2D eigenvalue weighted by Crippen LogP contribution is -2.03. The van der Waals surface area contributed by atoms with Gasteiger partial charge >= 0.3 is 0 Å². The van der Waals surface area contributed by atoms with Gasteiger partial charge in [0.25, 0.3) is 0 Å². The monoisotopic (exact) mass is 705 g/mol. The second-order valence-electron chi connectivity index (χ2n) is 14.0. The standard InChI is InChI=1S/C51H51N3/c1-4-37-19-25-40(26-20-37)34-52-49-16-10-7-13-46(49)43-31-44(47-14-8-11-17-50(47)53-35-41-27-21-38(5-2)22-28-41)33-45(32-43)48-15-9-12-18-51(48)54-36-42-29-23-39(6-3)24-30-42/h7-33,52-54H,4-6,34-36H2,1-3H3. The first kappa shape index (κ1) is 36.3. The fourth-order valence-electron chi connectivity index (χ4n) is 7.03. The molecule has 0 amide bonds. The Bertz CT molecular complexity index is 2000. The minimum atomic E-state index is 0.755. The number of rotatable bonds is 15. The highest BCUT2D eigenvalue weighted by Crippen LogP contribution is 2.40. The summed E-state index contributed by atoms with van der Waals surface area (Å²) in [6.45, 7) is 8.86. The van der Waals surface area contributed by atoms with Crippen molar-refractivity contribution in [1.82, 2.24) is 0 Å². The molecular weight excluding hydrogens is 655 g/mol. The van der Waals surface area contributed by atoms with Crippen LogP contribution in [0.15, 0.2) is 164 Å². The molecule has 0 aliphatic rings. The molecule has 54 heavy (non-hydrogen) atoms. The first-order valence-corrected chi connectivity index (χ1v) is 19.5. The van der Waals surface area contributed by atoms with Crippen LogP contribution >= 0.6 is 0 Å². The summed E-state index contributed by atoms with van der Waals surface area (Å²) in [7, 11) is 0. The van der Waals surface area contributed by atoms with E-state index in [4.69, 9.17) is 0 Å². The van der Waals surface area contributed by atoms with Gasteiger partial charge in [0.1, 0.15) is 0 Å². The Morgan fingerprint density at radius 2 is 0.537 bits per heavy atom. The van der Waals surface area contributed by atoms with Gasteiger partial charge in [-0.25, -0.2) is 0 Å². The maximum absolute atomic E-state index is 3.78. The number of aryl methyl sites for hydroxylation is 3. The van der Waals surface area contributed by atoms with Crippen molar-refractivity contribution in [2.24, 2.45) is 0 Å². The van der Waals surface area contributed by atoms with Gasteiger partial charge in [-0.3, -0.25) is 0 Å². The van der Waals surface area contributed by atoms with Gasteiger partial charge in [0.15, 0.2) is 0 Å². The molecule has 0 saturated heterocycles. The van der Waals surface area contributed by atoms with Gasteiger partial charge in [0.2, 0.25) is 0 Å². The van der Waals surface area contributed by atoms with Crippen molar-refractivity contribution < 1.29 is 0 Å². The number of hydrogen-bond acceptors (Lipinski definition) is 3. The molecule has 0 heterocycles. The van der Waals surface area contributed by atoms with Crippen LogP contribution in [0.2, 0.25) is 0 Å². The van der Waals surface area contributed by atoms with Gasteiger partial charge in [-0.05, 0) is 106 Å². The summed E-state index contributed by atoms with van der Waals surface area (Å²) >= 11 is 0. The van der Waals surface area contributed by atoms with E-state index in [1.165, 1.54) is 66.8 Å². The summed E-state index contributed by atoms with van der Waals surface area (Å²) < 4.78 is 0. The molecule has 270 valence electrons. The summed E-state index contributed by atoms with van der Waals surface area (Å²) in [5.41, 5.74) is 18.3. The van der Waals surface area contributed by atoms with Crippen LogP contribution in [0.3, 0.4) is 0 Å². The average Bonchev–Trinajstić information content (AvgIpc) is 3.25. The van der Waals surface area contributed by atoms with Crippen LogP contribution < -0.4 is 16.0 Å². The molecule has 0 saturated carbocycles. The quantitative estimate of drug-likeness (QED) is 0.0994. The normalized spacial score (nSPS) is 10.9. The van der Waals surface area contributed by atoms with E-state index in [9.17, 15) is 0 Å². The summed E-state index contributed by atoms with van der Waals surface area (Å²) in [5.74, 6) is 0. The number of para-hydroxylation sites is 3. The van der Waals surface area contributed by atoms with E-state index in [-0.39, 0.29) is 0 Å². The van der Waals surface area contributed by atoms with E-state index in [1.54, 1.807) is 0 Å². The van der Waals surface area contributed by atoms with E-state index < -0.39 is 0 Å². The molecule has 0 radical (unpaired) electrons. The van der Waals surface area contributed by atoms with Crippen LogP contribution in [0.1, 0.15) is 54.2 Å². The van der Waals surface area contributed by atoms with E-state index in [0.717, 1.165) is 56.0 Å². The Kier molecular flexibility index (Phi) is 11.9. The van der Waals surface area contributed by atoms with Gasteiger partial charge in [-0.1, -0.05) is 148 Å². The van der Waals surface area contributed by atoms with Crippen molar-refractivity contribution in [3.8, 4) is 33.4 Å². The Labute approximate surface area is 322 Å². The second kappa shape index (κ2) is 17.6. The van der Waals surface area contributed by atoms with Crippen molar-refractivity contribution in [3.05, 3.63) is 197 Å². The zero-order valence-electron chi connectivity index (χ0n) is 31.8. The zero-order valence-corrected chi connectivity index (χ0v) is 31.8. The fourth-order valence-corrected chi connectivity index (χ4v) is 7.03. The zero-order chi connectivity index (χ0) is 37.1. The largest absolute Gasteiger partial charge is 0.380 e. The lowest BCUT2D eigenvalue weighted by atomic mass is 9.91. The number of hydrogen-bond donors (Lipinski definition) is 3. The van der Waals surface area contributed by atoms with Crippen LogP contribution in [0, 0.1) is 0 Å². The third-order valence-electron chi connectivity index (χ3n) is 10.4. The third kappa shape index (κ3) is 8.93. The lowest BCUT2D eigenvalue weighted by molar-refractivity contribution is 1.11. The van der Waals surface area contributed by atoms with Crippen molar-refractivity contribution in [2.75, 3.05) is 16.0 Å². The summed E-state index contributed by atoms with van der Waals surface area (Å²) in [6, 6.07) is 59.9. The number of benzene rings is 7. The number of anilines is 3. The molecule has 0 aliphatic carbocycles. The summed E-state index contributed by atoms with van der Waals surface area (Å²) in [4.78, 5) is 0. The molecule has 3 N–H and O–H groups in total. The highest BCUT2D eigenvalue weighted by molar-refractivity contribution is 5.90. The van der Waals surface area contributed by atoms with E-state index >= 15 is 0 Å². The molecule has 7 aromatic rings. The van der Waals surface area contributed by atoms with E-state index in [0.29, 0.717) is 0 Å². The molecule has 0 unspecified atom stereocenters. The first-order chi connectivity index (χ1) is 26.6. The molecule has 0 spiro atoms. The Hall–Kier alpha value is -6.06. The fraction of sp³-hybridized carbons (Fsp3) is 0.176.